The van der Waals surface area contributed by atoms with E-state index in [2.05, 4.69) is 194 Å². The molecule has 0 unspecified atom stereocenters. The molecular weight excluding hydrogens is 787 g/mol. The first-order chi connectivity index (χ1) is 29.4. The summed E-state index contributed by atoms with van der Waals surface area (Å²) in [6.07, 6.45) is 22.2. The monoisotopic (exact) mass is 908 g/mol. The largest absolute Gasteiger partial charge is 0.385 e. The highest BCUT2D eigenvalue weighted by Crippen LogP contribution is 2.65. The van der Waals surface area contributed by atoms with Gasteiger partial charge in [0.05, 0.1) is 0 Å². The van der Waals surface area contributed by atoms with Crippen LogP contribution in [0.25, 0.3) is 0 Å². The second kappa shape index (κ2) is 26.4. The van der Waals surface area contributed by atoms with Crippen molar-refractivity contribution in [1.82, 2.24) is 4.90 Å². The van der Waals surface area contributed by atoms with Gasteiger partial charge < -0.3 is 9.64 Å². The second-order valence-corrected chi connectivity index (χ2v) is 30.6. The third kappa shape index (κ3) is 29.0. The van der Waals surface area contributed by atoms with Gasteiger partial charge in [0.25, 0.3) is 0 Å². The van der Waals surface area contributed by atoms with Gasteiger partial charge >= 0.3 is 0 Å². The minimum Gasteiger partial charge on any atom is -0.385 e. The third-order valence-electron chi connectivity index (χ3n) is 15.6. The van der Waals surface area contributed by atoms with Crippen molar-refractivity contribution < 1.29 is 4.74 Å². The molecule has 1 aromatic carbocycles. The summed E-state index contributed by atoms with van der Waals surface area (Å²) in [4.78, 5) is 2.60. The molecule has 1 heterocycles. The van der Waals surface area contributed by atoms with Crippen LogP contribution in [0.15, 0.2) is 30.3 Å². The minimum absolute atomic E-state index is 0.293. The average molecular weight is 909 g/mol. The number of ether oxygens (including phenoxy) is 1. The fraction of sp³-hybridized carbons (Fsp3) is 0.905. The summed E-state index contributed by atoms with van der Waals surface area (Å²) < 4.78 is 4.92. The van der Waals surface area contributed by atoms with Gasteiger partial charge in [0.15, 0.2) is 0 Å². The Bertz CT molecular complexity index is 1310. The second-order valence-electron chi connectivity index (χ2n) is 30.6. The molecule has 1 aromatic rings. The van der Waals surface area contributed by atoms with Crippen molar-refractivity contribution in [2.24, 2.45) is 73.4 Å². The van der Waals surface area contributed by atoms with Gasteiger partial charge in [-0.3, -0.25) is 0 Å². The van der Waals surface area contributed by atoms with Crippen molar-refractivity contribution in [2.45, 2.75) is 261 Å². The fourth-order valence-electron chi connectivity index (χ4n) is 10.3. The van der Waals surface area contributed by atoms with Crippen LogP contribution in [-0.4, -0.2) is 38.3 Å². The SMILES string of the molecule is CC(C)(C)C12CC3CC(CC(C3)C1)C2.CC(C)(C)C1CC1.CC(C)(C)CC1CC1.CC(C)(C)CN1CCCCC1.CC(C)(C)c1ccccc1.CC(C)C(C)(C)C.COCCC(C)(C)C. The highest BCUT2D eigenvalue weighted by atomic mass is 16.5. The molecule has 2 heteroatoms. The van der Waals surface area contributed by atoms with Crippen molar-refractivity contribution in [3.63, 3.8) is 0 Å². The topological polar surface area (TPSA) is 12.5 Å². The van der Waals surface area contributed by atoms with Gasteiger partial charge in [-0.2, -0.15) is 0 Å². The zero-order valence-corrected chi connectivity index (χ0v) is 49.1. The van der Waals surface area contributed by atoms with E-state index < -0.39 is 0 Å². The Hall–Kier alpha value is -0.860. The molecule has 6 aliphatic carbocycles. The standard InChI is InChI=1S/C14H24.C10H21N.C10H14.C8H16.C7H16O.C7H14.C7H16/c1-13(2,3)14-7-10-4-11(8-14)6-12(5-10)9-14;1-10(2,3)9-11-7-5-4-6-8-11;1-10(2,3)9-7-5-4-6-8-9;1-8(2,3)6-7-4-5-7;1-7(2,3)5-6-8-4;1-7(2,3)6-4-5-6;1-6(2)7(3,4)5/h10-12H,4-9H2,1-3H3;4-9H2,1-3H3;4-8H,1-3H3;7H,4-6H2,1-3H3;5-6H2,1-4H3;6H,4-5H2,1-3H3;6H,1-5H3. The number of hydrogen-bond donors (Lipinski definition) is 0. The molecule has 6 saturated carbocycles. The third-order valence-corrected chi connectivity index (χ3v) is 15.6. The van der Waals surface area contributed by atoms with Crippen LogP contribution in [0.2, 0.25) is 0 Å². The maximum Gasteiger partial charge on any atom is 0.0467 e. The molecule has 384 valence electrons. The van der Waals surface area contributed by atoms with Crippen molar-refractivity contribution in [3.05, 3.63) is 35.9 Å². The molecule has 1 aliphatic heterocycles. The van der Waals surface area contributed by atoms with E-state index in [9.17, 15) is 0 Å². The van der Waals surface area contributed by atoms with Gasteiger partial charge in [0.2, 0.25) is 0 Å². The number of rotatable bonds is 4. The van der Waals surface area contributed by atoms with Crippen LogP contribution in [-0.2, 0) is 10.2 Å². The molecule has 1 saturated heterocycles. The molecule has 7 fully saturated rings. The molecule has 0 atom stereocenters. The van der Waals surface area contributed by atoms with Gasteiger partial charge in [-0.15, -0.1) is 0 Å². The maximum atomic E-state index is 4.92. The predicted octanol–water partition coefficient (Wildman–Crippen LogP) is 19.8. The highest BCUT2D eigenvalue weighted by molar-refractivity contribution is 5.22. The quantitative estimate of drug-likeness (QED) is 0.298. The zero-order chi connectivity index (χ0) is 50.3. The summed E-state index contributed by atoms with van der Waals surface area (Å²) in [6.45, 7) is 57.8. The number of nitrogens with zero attached hydrogens (tertiary/aromatic N) is 1. The van der Waals surface area contributed by atoms with Crippen molar-refractivity contribution in [1.29, 1.82) is 0 Å². The summed E-state index contributed by atoms with van der Waals surface area (Å²) in [5.74, 6) is 6.27. The number of piperidine rings is 1. The van der Waals surface area contributed by atoms with E-state index in [1.807, 2.05) is 0 Å². The number of likely N-dealkylation sites (tertiary alicyclic amines) is 1. The molecule has 7 aliphatic rings. The summed E-state index contributed by atoms with van der Waals surface area (Å²) in [7, 11) is 1.74. The van der Waals surface area contributed by atoms with Crippen LogP contribution < -0.4 is 0 Å². The van der Waals surface area contributed by atoms with Gasteiger partial charge in [-0.25, -0.2) is 0 Å². The van der Waals surface area contributed by atoms with Crippen LogP contribution in [0, 0.1) is 73.4 Å². The normalized spacial score (nSPS) is 24.5. The summed E-state index contributed by atoms with van der Waals surface area (Å²) in [5.41, 5.74) is 5.59. The summed E-state index contributed by atoms with van der Waals surface area (Å²) in [5, 5.41) is 0. The first kappa shape index (κ1) is 62.2. The first-order valence-corrected chi connectivity index (χ1v) is 27.6. The van der Waals surface area contributed by atoms with Gasteiger partial charge in [0.1, 0.15) is 0 Å². The molecule has 8 rings (SSSR count). The minimum atomic E-state index is 0.293. The Kier molecular flexibility index (Phi) is 25.2. The average Bonchev–Trinajstić information content (AvgIpc) is 4.06. The summed E-state index contributed by atoms with van der Waals surface area (Å²) >= 11 is 0. The number of benzene rings is 1. The summed E-state index contributed by atoms with van der Waals surface area (Å²) in [6, 6.07) is 10.6. The first-order valence-electron chi connectivity index (χ1n) is 27.6. The van der Waals surface area contributed by atoms with E-state index in [0.29, 0.717) is 37.9 Å². The number of methoxy groups -OCH3 is 1. The van der Waals surface area contributed by atoms with E-state index >= 15 is 0 Å². The molecule has 0 amide bonds. The molecule has 2 nitrogen and oxygen atoms in total. The van der Waals surface area contributed by atoms with Crippen molar-refractivity contribution in [3.8, 4) is 0 Å². The van der Waals surface area contributed by atoms with E-state index in [1.54, 1.807) is 45.6 Å². The zero-order valence-electron chi connectivity index (χ0n) is 49.1. The molecule has 0 aromatic heterocycles. The Morgan fingerprint density at radius 3 is 1.23 bits per heavy atom. The van der Waals surface area contributed by atoms with E-state index in [0.717, 1.165) is 54.0 Å². The Morgan fingerprint density at radius 1 is 0.585 bits per heavy atom. The molecule has 65 heavy (non-hydrogen) atoms. The van der Waals surface area contributed by atoms with Crippen molar-refractivity contribution >= 4 is 0 Å². The van der Waals surface area contributed by atoms with Crippen LogP contribution in [0.3, 0.4) is 0 Å². The van der Waals surface area contributed by atoms with E-state index in [4.69, 9.17) is 4.74 Å². The number of hydrogen-bond acceptors (Lipinski definition) is 2. The van der Waals surface area contributed by atoms with Crippen LogP contribution in [0.5, 0.6) is 0 Å². The smallest absolute Gasteiger partial charge is 0.0467 e. The van der Waals surface area contributed by atoms with E-state index in [1.165, 1.54) is 76.6 Å². The molecule has 4 bridgehead atoms. The van der Waals surface area contributed by atoms with Gasteiger partial charge in [0, 0.05) is 20.3 Å². The molecular formula is C63H121NO. The van der Waals surface area contributed by atoms with E-state index in [-0.39, 0.29) is 0 Å². The highest BCUT2D eigenvalue weighted by Gasteiger charge is 2.55. The Balaban J connectivity index is 0.000000386. The molecule has 0 N–H and O–H groups in total. The Labute approximate surface area is 411 Å². The predicted molar refractivity (Wildman–Crippen MR) is 294 cm³/mol. The van der Waals surface area contributed by atoms with Crippen LogP contribution in [0.4, 0.5) is 0 Å². The maximum absolute atomic E-state index is 4.92. The lowest BCUT2D eigenvalue weighted by atomic mass is 9.43. The van der Waals surface area contributed by atoms with Gasteiger partial charge in [-0.05, 0) is 175 Å². The fourth-order valence-corrected chi connectivity index (χ4v) is 10.3. The Morgan fingerprint density at radius 2 is 1.02 bits per heavy atom. The van der Waals surface area contributed by atoms with Crippen molar-refractivity contribution in [2.75, 3.05) is 33.4 Å². The van der Waals surface area contributed by atoms with Gasteiger partial charge in [-0.1, -0.05) is 209 Å². The molecule has 0 spiro atoms. The van der Waals surface area contributed by atoms with Crippen LogP contribution in [0.1, 0.15) is 261 Å². The lowest BCUT2D eigenvalue weighted by Gasteiger charge is -2.62. The lowest BCUT2D eigenvalue weighted by Crippen LogP contribution is -2.51. The molecule has 0 radical (unpaired) electrons. The lowest BCUT2D eigenvalue weighted by molar-refractivity contribution is -0.113. The van der Waals surface area contributed by atoms with Crippen LogP contribution >= 0.6 is 0 Å².